The number of rotatable bonds is 2. The number of hydrogen-bond acceptors (Lipinski definition) is 5. The molecule has 0 spiro atoms. The summed E-state index contributed by atoms with van der Waals surface area (Å²) in [6.07, 6.45) is 1.11. The summed E-state index contributed by atoms with van der Waals surface area (Å²) < 4.78 is 10.9. The fourth-order valence-electron chi connectivity index (χ4n) is 3.36. The van der Waals surface area contributed by atoms with Crippen molar-refractivity contribution in [3.8, 4) is 0 Å². The average molecular weight is 301 g/mol. The van der Waals surface area contributed by atoms with Crippen LogP contribution in [-0.4, -0.2) is 41.6 Å². The molecule has 0 aromatic heterocycles. The highest BCUT2D eigenvalue weighted by Gasteiger charge is 2.43. The van der Waals surface area contributed by atoms with E-state index in [0.717, 1.165) is 6.42 Å². The van der Waals surface area contributed by atoms with Crippen LogP contribution in [0.3, 0.4) is 0 Å². The van der Waals surface area contributed by atoms with Crippen molar-refractivity contribution in [3.63, 3.8) is 0 Å². The van der Waals surface area contributed by atoms with Crippen LogP contribution in [0.5, 0.6) is 0 Å². The highest BCUT2D eigenvalue weighted by atomic mass is 16.7. The Morgan fingerprint density at radius 3 is 2.41 bits per heavy atom. The summed E-state index contributed by atoms with van der Waals surface area (Å²) in [5, 5.41) is 0. The second kappa shape index (κ2) is 4.91. The van der Waals surface area contributed by atoms with Gasteiger partial charge in [-0.1, -0.05) is 12.1 Å². The Balaban J connectivity index is 1.48. The molecule has 3 atom stereocenters. The van der Waals surface area contributed by atoms with Gasteiger partial charge in [-0.05, 0) is 25.0 Å². The molecule has 4 rings (SSSR count). The molecule has 0 saturated carbocycles. The van der Waals surface area contributed by atoms with Gasteiger partial charge in [0.1, 0.15) is 0 Å². The predicted octanol–water partition coefficient (Wildman–Crippen LogP) is 1.35. The molecule has 0 radical (unpaired) electrons. The Kier molecular flexibility index (Phi) is 3.00. The number of carbonyl (C=O) groups is 3. The van der Waals surface area contributed by atoms with Crippen molar-refractivity contribution < 1.29 is 23.9 Å². The van der Waals surface area contributed by atoms with Crippen LogP contribution in [0.2, 0.25) is 0 Å². The third-order valence-electron chi connectivity index (χ3n) is 4.51. The van der Waals surface area contributed by atoms with Crippen molar-refractivity contribution in [3.05, 3.63) is 35.4 Å². The number of esters is 1. The maximum absolute atomic E-state index is 12.3. The van der Waals surface area contributed by atoms with Crippen LogP contribution in [0.1, 0.15) is 40.0 Å². The van der Waals surface area contributed by atoms with Crippen LogP contribution in [0.4, 0.5) is 0 Å². The van der Waals surface area contributed by atoms with Crippen LogP contribution in [0.15, 0.2) is 24.3 Å². The summed E-state index contributed by atoms with van der Waals surface area (Å²) in [6.45, 7) is 0.202. The van der Waals surface area contributed by atoms with Gasteiger partial charge in [-0.25, -0.2) is 0 Å². The Bertz CT molecular complexity index is 635. The molecule has 0 aliphatic carbocycles. The standard InChI is InChI=1S/C16H15NO5/c18-13-7-9-5-6-10(21-16(9)22-13)8-17-14(19)11-3-1-2-4-12(11)15(17)20/h1-4,9-10,16H,5-8H2. The summed E-state index contributed by atoms with van der Waals surface area (Å²) in [5.74, 6) is -0.702. The van der Waals surface area contributed by atoms with Gasteiger partial charge in [0.05, 0.1) is 30.2 Å². The quantitative estimate of drug-likeness (QED) is 0.609. The number of nitrogens with zero attached hydrogens (tertiary/aromatic N) is 1. The number of ether oxygens (including phenoxy) is 2. The van der Waals surface area contributed by atoms with Gasteiger partial charge < -0.3 is 9.47 Å². The molecule has 0 bridgehead atoms. The highest BCUT2D eigenvalue weighted by molar-refractivity contribution is 6.21. The first-order chi connectivity index (χ1) is 10.6. The maximum atomic E-state index is 12.3. The number of fused-ring (bicyclic) bond motifs is 2. The van der Waals surface area contributed by atoms with Crippen molar-refractivity contribution >= 4 is 17.8 Å². The van der Waals surface area contributed by atoms with Gasteiger partial charge in [-0.15, -0.1) is 0 Å². The third-order valence-corrected chi connectivity index (χ3v) is 4.51. The molecule has 3 heterocycles. The van der Waals surface area contributed by atoms with E-state index < -0.39 is 6.29 Å². The van der Waals surface area contributed by atoms with E-state index >= 15 is 0 Å². The minimum atomic E-state index is -0.526. The Hall–Kier alpha value is -2.21. The molecule has 1 aromatic rings. The Labute approximate surface area is 127 Å². The SMILES string of the molecule is O=C1CC2CCC(CN3C(=O)c4ccccc4C3=O)OC2O1. The van der Waals surface area contributed by atoms with Crippen molar-refractivity contribution in [2.45, 2.75) is 31.7 Å². The molecule has 6 nitrogen and oxygen atoms in total. The Morgan fingerprint density at radius 2 is 1.73 bits per heavy atom. The second-order valence-corrected chi connectivity index (χ2v) is 5.92. The molecule has 22 heavy (non-hydrogen) atoms. The fraction of sp³-hybridized carbons (Fsp3) is 0.438. The molecule has 0 N–H and O–H groups in total. The largest absolute Gasteiger partial charge is 0.435 e. The molecule has 2 saturated heterocycles. The van der Waals surface area contributed by atoms with E-state index in [9.17, 15) is 14.4 Å². The average Bonchev–Trinajstić information content (AvgIpc) is 3.00. The zero-order valence-corrected chi connectivity index (χ0v) is 11.9. The van der Waals surface area contributed by atoms with E-state index in [4.69, 9.17) is 9.47 Å². The predicted molar refractivity (Wildman–Crippen MR) is 73.9 cm³/mol. The number of imide groups is 1. The monoisotopic (exact) mass is 301 g/mol. The number of hydrogen-bond donors (Lipinski definition) is 0. The molecular formula is C16H15NO5. The van der Waals surface area contributed by atoms with Gasteiger partial charge in [0.2, 0.25) is 6.29 Å². The summed E-state index contributed by atoms with van der Waals surface area (Å²) in [6, 6.07) is 6.80. The lowest BCUT2D eigenvalue weighted by molar-refractivity contribution is -0.194. The second-order valence-electron chi connectivity index (χ2n) is 5.92. The molecular weight excluding hydrogens is 286 g/mol. The minimum absolute atomic E-state index is 0.103. The first-order valence-corrected chi connectivity index (χ1v) is 7.43. The molecule has 3 aliphatic rings. The van der Waals surface area contributed by atoms with Gasteiger partial charge in [0, 0.05) is 5.92 Å². The third kappa shape index (κ3) is 2.02. The van der Waals surface area contributed by atoms with Crippen molar-refractivity contribution in [1.82, 2.24) is 4.90 Å². The zero-order valence-electron chi connectivity index (χ0n) is 11.9. The van der Waals surface area contributed by atoms with Gasteiger partial charge >= 0.3 is 5.97 Å². The zero-order chi connectivity index (χ0) is 15.3. The summed E-state index contributed by atoms with van der Waals surface area (Å²) in [7, 11) is 0. The van der Waals surface area contributed by atoms with Crippen molar-refractivity contribution in [1.29, 1.82) is 0 Å². The minimum Gasteiger partial charge on any atom is -0.435 e. The fourth-order valence-corrected chi connectivity index (χ4v) is 3.36. The lowest BCUT2D eigenvalue weighted by Crippen LogP contribution is -2.42. The molecule has 2 amide bonds. The number of benzene rings is 1. The molecule has 1 aromatic carbocycles. The molecule has 6 heteroatoms. The number of carbonyl (C=O) groups excluding carboxylic acids is 3. The van der Waals surface area contributed by atoms with E-state index in [1.54, 1.807) is 24.3 Å². The van der Waals surface area contributed by atoms with Gasteiger partial charge in [0.15, 0.2) is 0 Å². The smallest absolute Gasteiger partial charge is 0.308 e. The summed E-state index contributed by atoms with van der Waals surface area (Å²) in [5.41, 5.74) is 0.877. The summed E-state index contributed by atoms with van der Waals surface area (Å²) in [4.78, 5) is 37.2. The lowest BCUT2D eigenvalue weighted by Gasteiger charge is -2.32. The van der Waals surface area contributed by atoms with E-state index in [1.807, 2.05) is 0 Å². The van der Waals surface area contributed by atoms with Crippen LogP contribution in [0.25, 0.3) is 0 Å². The van der Waals surface area contributed by atoms with Gasteiger partial charge in [-0.3, -0.25) is 19.3 Å². The van der Waals surface area contributed by atoms with E-state index in [0.29, 0.717) is 24.0 Å². The van der Waals surface area contributed by atoms with Crippen molar-refractivity contribution in [2.75, 3.05) is 6.54 Å². The molecule has 3 aliphatic heterocycles. The maximum Gasteiger partial charge on any atom is 0.308 e. The van der Waals surface area contributed by atoms with E-state index in [-0.39, 0.29) is 36.4 Å². The first kappa shape index (κ1) is 13.5. The van der Waals surface area contributed by atoms with Crippen molar-refractivity contribution in [2.24, 2.45) is 5.92 Å². The summed E-state index contributed by atoms with van der Waals surface area (Å²) >= 11 is 0. The first-order valence-electron chi connectivity index (χ1n) is 7.43. The normalized spacial score (nSPS) is 30.3. The van der Waals surface area contributed by atoms with Gasteiger partial charge in [-0.2, -0.15) is 0 Å². The lowest BCUT2D eigenvalue weighted by atomic mass is 9.95. The Morgan fingerprint density at radius 1 is 1.05 bits per heavy atom. The van der Waals surface area contributed by atoms with Crippen LogP contribution >= 0.6 is 0 Å². The topological polar surface area (TPSA) is 72.9 Å². The van der Waals surface area contributed by atoms with Crippen LogP contribution < -0.4 is 0 Å². The van der Waals surface area contributed by atoms with Gasteiger partial charge in [0.25, 0.3) is 11.8 Å². The van der Waals surface area contributed by atoms with Crippen LogP contribution in [0, 0.1) is 5.92 Å². The van der Waals surface area contributed by atoms with E-state index in [2.05, 4.69) is 0 Å². The highest BCUT2D eigenvalue weighted by Crippen LogP contribution is 2.34. The molecule has 114 valence electrons. The molecule has 3 unspecified atom stereocenters. The van der Waals surface area contributed by atoms with E-state index in [1.165, 1.54) is 4.90 Å². The molecule has 2 fully saturated rings. The van der Waals surface area contributed by atoms with Crippen LogP contribution in [-0.2, 0) is 14.3 Å². The number of amides is 2.